The predicted molar refractivity (Wildman–Crippen MR) is 81.4 cm³/mol. The van der Waals surface area contributed by atoms with Gasteiger partial charge >= 0.3 is 0 Å². The fraction of sp³-hybridized carbons (Fsp3) is 1.00. The van der Waals surface area contributed by atoms with Crippen molar-refractivity contribution in [2.45, 2.75) is 82.8 Å². The highest BCUT2D eigenvalue weighted by molar-refractivity contribution is 7.86. The quantitative estimate of drug-likeness (QED) is 0.769. The molecule has 0 spiro atoms. The maximum absolute atomic E-state index is 12.5. The van der Waals surface area contributed by atoms with E-state index in [1.807, 2.05) is 0 Å². The summed E-state index contributed by atoms with van der Waals surface area (Å²) in [7, 11) is -0.638. The Balaban J connectivity index is 2.35. The molecule has 2 nitrogen and oxygen atoms in total. The summed E-state index contributed by atoms with van der Waals surface area (Å²) >= 11 is 0. The van der Waals surface area contributed by atoms with Gasteiger partial charge in [-0.15, -0.1) is 0 Å². The Labute approximate surface area is 116 Å². The van der Waals surface area contributed by atoms with Crippen molar-refractivity contribution in [3.05, 3.63) is 0 Å². The molecular formula is C15H31NOS. The van der Waals surface area contributed by atoms with E-state index in [0.29, 0.717) is 16.5 Å². The first-order valence-corrected chi connectivity index (χ1v) is 8.95. The highest BCUT2D eigenvalue weighted by Gasteiger charge is 2.27. The average molecular weight is 273 g/mol. The molecule has 0 aromatic carbocycles. The Hall–Kier alpha value is 0.110. The van der Waals surface area contributed by atoms with Crippen LogP contribution < -0.4 is 5.32 Å². The van der Waals surface area contributed by atoms with Gasteiger partial charge in [0.15, 0.2) is 0 Å². The number of rotatable bonds is 7. The zero-order chi connectivity index (χ0) is 13.5. The molecule has 0 heterocycles. The molecule has 5 atom stereocenters. The van der Waals surface area contributed by atoms with Crippen LogP contribution in [-0.4, -0.2) is 27.3 Å². The van der Waals surface area contributed by atoms with Crippen LogP contribution in [0.4, 0.5) is 0 Å². The van der Waals surface area contributed by atoms with E-state index < -0.39 is 10.8 Å². The third-order valence-corrected chi connectivity index (χ3v) is 6.11. The standard InChI is InChI=1S/C15H31NOS/c1-5-9-16-13(3)11-14(4)18(17)15-8-6-7-12(2)10-15/h12-16H,5-11H2,1-4H3. The van der Waals surface area contributed by atoms with E-state index in [4.69, 9.17) is 0 Å². The van der Waals surface area contributed by atoms with Crippen molar-refractivity contribution in [3.63, 3.8) is 0 Å². The molecule has 1 aliphatic carbocycles. The summed E-state index contributed by atoms with van der Waals surface area (Å²) in [5.74, 6) is 0.774. The van der Waals surface area contributed by atoms with Gasteiger partial charge in [-0.25, -0.2) is 0 Å². The molecule has 1 fully saturated rings. The lowest BCUT2D eigenvalue weighted by Crippen LogP contribution is -2.35. The van der Waals surface area contributed by atoms with Crippen LogP contribution in [0.5, 0.6) is 0 Å². The van der Waals surface area contributed by atoms with Gasteiger partial charge in [-0.2, -0.15) is 0 Å². The lowest BCUT2D eigenvalue weighted by atomic mass is 9.91. The SMILES string of the molecule is CCCNC(C)CC(C)S(=O)C1CCCC(C)C1. The zero-order valence-electron chi connectivity index (χ0n) is 12.6. The van der Waals surface area contributed by atoms with Crippen LogP contribution >= 0.6 is 0 Å². The Morgan fingerprint density at radius 1 is 1.33 bits per heavy atom. The van der Waals surface area contributed by atoms with Crippen LogP contribution in [0.3, 0.4) is 0 Å². The van der Waals surface area contributed by atoms with E-state index >= 15 is 0 Å². The highest BCUT2D eigenvalue weighted by atomic mass is 32.2. The van der Waals surface area contributed by atoms with Gasteiger partial charge in [-0.3, -0.25) is 4.21 Å². The van der Waals surface area contributed by atoms with Crippen molar-refractivity contribution in [1.82, 2.24) is 5.32 Å². The maximum atomic E-state index is 12.5. The monoisotopic (exact) mass is 273 g/mol. The summed E-state index contributed by atoms with van der Waals surface area (Å²) in [6, 6.07) is 0.491. The first-order valence-electron chi connectivity index (χ1n) is 7.67. The van der Waals surface area contributed by atoms with E-state index in [1.54, 1.807) is 0 Å². The van der Waals surface area contributed by atoms with Crippen molar-refractivity contribution in [2.75, 3.05) is 6.54 Å². The van der Waals surface area contributed by atoms with Crippen molar-refractivity contribution < 1.29 is 4.21 Å². The van der Waals surface area contributed by atoms with Crippen LogP contribution in [-0.2, 0) is 10.8 Å². The van der Waals surface area contributed by atoms with Gasteiger partial charge in [-0.1, -0.05) is 33.6 Å². The second-order valence-electron chi connectivity index (χ2n) is 6.12. The molecule has 1 rings (SSSR count). The van der Waals surface area contributed by atoms with Gasteiger partial charge in [0.1, 0.15) is 0 Å². The Bertz CT molecular complexity index is 257. The lowest BCUT2D eigenvalue weighted by molar-refractivity contribution is 0.387. The van der Waals surface area contributed by atoms with Gasteiger partial charge in [0.25, 0.3) is 0 Å². The molecule has 1 saturated carbocycles. The maximum Gasteiger partial charge on any atom is 0.0353 e. The largest absolute Gasteiger partial charge is 0.314 e. The van der Waals surface area contributed by atoms with Gasteiger partial charge in [0.2, 0.25) is 0 Å². The Morgan fingerprint density at radius 3 is 2.67 bits per heavy atom. The minimum Gasteiger partial charge on any atom is -0.314 e. The van der Waals surface area contributed by atoms with Crippen LogP contribution in [0.2, 0.25) is 0 Å². The first-order chi connectivity index (χ1) is 8.54. The molecular weight excluding hydrogens is 242 g/mol. The number of hydrogen-bond acceptors (Lipinski definition) is 2. The molecule has 0 radical (unpaired) electrons. The minimum absolute atomic E-state index is 0.333. The Morgan fingerprint density at radius 2 is 2.06 bits per heavy atom. The van der Waals surface area contributed by atoms with Crippen LogP contribution in [0.25, 0.3) is 0 Å². The van der Waals surface area contributed by atoms with E-state index in [9.17, 15) is 4.21 Å². The van der Waals surface area contributed by atoms with Gasteiger partial charge in [-0.05, 0) is 45.1 Å². The van der Waals surface area contributed by atoms with E-state index in [2.05, 4.69) is 33.0 Å². The molecule has 0 aliphatic heterocycles. The molecule has 1 aliphatic rings. The summed E-state index contributed by atoms with van der Waals surface area (Å²) in [5.41, 5.74) is 0. The van der Waals surface area contributed by atoms with Gasteiger partial charge < -0.3 is 5.32 Å². The normalized spacial score (nSPS) is 29.8. The number of hydrogen-bond donors (Lipinski definition) is 1. The molecule has 3 heteroatoms. The minimum atomic E-state index is -0.638. The fourth-order valence-electron chi connectivity index (χ4n) is 2.98. The smallest absolute Gasteiger partial charge is 0.0353 e. The van der Waals surface area contributed by atoms with E-state index in [-0.39, 0.29) is 0 Å². The first kappa shape index (κ1) is 16.2. The van der Waals surface area contributed by atoms with Crippen molar-refractivity contribution in [3.8, 4) is 0 Å². The summed E-state index contributed by atoms with van der Waals surface area (Å²) in [6.07, 6.45) is 7.16. The lowest BCUT2D eigenvalue weighted by Gasteiger charge is -2.29. The summed E-state index contributed by atoms with van der Waals surface area (Å²) in [5, 5.41) is 4.29. The fourth-order valence-corrected chi connectivity index (χ4v) is 5.04. The second kappa shape index (κ2) is 8.31. The molecule has 0 saturated heterocycles. The molecule has 18 heavy (non-hydrogen) atoms. The van der Waals surface area contributed by atoms with Crippen molar-refractivity contribution in [2.24, 2.45) is 5.92 Å². The molecule has 108 valence electrons. The second-order valence-corrected chi connectivity index (χ2v) is 8.25. The van der Waals surface area contributed by atoms with Gasteiger partial charge in [0, 0.05) is 27.3 Å². The summed E-state index contributed by atoms with van der Waals surface area (Å²) in [4.78, 5) is 0. The molecule has 0 bridgehead atoms. The predicted octanol–water partition coefficient (Wildman–Crippen LogP) is 3.48. The summed E-state index contributed by atoms with van der Waals surface area (Å²) in [6.45, 7) is 9.94. The molecule has 0 amide bonds. The third-order valence-electron chi connectivity index (χ3n) is 4.04. The van der Waals surface area contributed by atoms with Crippen molar-refractivity contribution >= 4 is 10.8 Å². The zero-order valence-corrected chi connectivity index (χ0v) is 13.4. The molecule has 5 unspecified atom stereocenters. The third kappa shape index (κ3) is 5.40. The van der Waals surface area contributed by atoms with Crippen LogP contribution in [0, 0.1) is 5.92 Å². The molecule has 1 N–H and O–H groups in total. The Kier molecular flexibility index (Phi) is 7.47. The molecule has 0 aromatic rings. The molecule has 0 aromatic heterocycles. The average Bonchev–Trinajstić information content (AvgIpc) is 2.35. The highest BCUT2D eigenvalue weighted by Crippen LogP contribution is 2.29. The van der Waals surface area contributed by atoms with Crippen molar-refractivity contribution in [1.29, 1.82) is 0 Å². The van der Waals surface area contributed by atoms with E-state index in [0.717, 1.165) is 18.9 Å². The summed E-state index contributed by atoms with van der Waals surface area (Å²) < 4.78 is 12.5. The van der Waals surface area contributed by atoms with Crippen LogP contribution in [0.1, 0.15) is 66.2 Å². The van der Waals surface area contributed by atoms with E-state index in [1.165, 1.54) is 32.1 Å². The van der Waals surface area contributed by atoms with Gasteiger partial charge in [0.05, 0.1) is 0 Å². The number of nitrogens with one attached hydrogen (secondary N) is 1. The topological polar surface area (TPSA) is 29.1 Å². The van der Waals surface area contributed by atoms with Crippen LogP contribution in [0.15, 0.2) is 0 Å².